The summed E-state index contributed by atoms with van der Waals surface area (Å²) in [5.41, 5.74) is 3.40. The van der Waals surface area contributed by atoms with Crippen LogP contribution in [0.3, 0.4) is 0 Å². The molecule has 0 spiro atoms. The summed E-state index contributed by atoms with van der Waals surface area (Å²) in [6, 6.07) is 13.9. The highest BCUT2D eigenvalue weighted by Crippen LogP contribution is 2.22. The molecule has 1 aliphatic heterocycles. The lowest BCUT2D eigenvalue weighted by molar-refractivity contribution is 0.0838. The standard InChI is InChI=1S/C28H34FN3O2/c1-20-6-7-23-19-26(31-25(23)18-20)28(34)30-14-4-2-3-5-15-32-16-12-22(13-17-32)27(33)21-8-10-24(29)11-9-21/h6-11,18-19,22,31H,2-5,12-17H2,1H3,(H,30,34). The van der Waals surface area contributed by atoms with Crippen LogP contribution in [0.2, 0.25) is 0 Å². The van der Waals surface area contributed by atoms with E-state index in [1.807, 2.05) is 25.1 Å². The van der Waals surface area contributed by atoms with Gasteiger partial charge in [-0.25, -0.2) is 4.39 Å². The molecule has 1 aliphatic rings. The number of rotatable bonds is 10. The Kier molecular flexibility index (Phi) is 8.12. The predicted octanol–water partition coefficient (Wildman–Crippen LogP) is 5.50. The summed E-state index contributed by atoms with van der Waals surface area (Å²) in [6.07, 6.45) is 6.07. The molecule has 0 bridgehead atoms. The Hall–Kier alpha value is -2.99. The average molecular weight is 464 g/mol. The number of H-pyrrole nitrogens is 1. The second kappa shape index (κ2) is 11.4. The quantitative estimate of drug-likeness (QED) is 0.308. The minimum atomic E-state index is -0.307. The van der Waals surface area contributed by atoms with Crippen molar-refractivity contribution in [1.82, 2.24) is 15.2 Å². The van der Waals surface area contributed by atoms with Crippen molar-refractivity contribution in [3.05, 3.63) is 71.2 Å². The highest BCUT2D eigenvalue weighted by Gasteiger charge is 2.25. The van der Waals surface area contributed by atoms with Crippen LogP contribution in [-0.2, 0) is 0 Å². The first-order valence-corrected chi connectivity index (χ1v) is 12.4. The number of fused-ring (bicyclic) bond motifs is 1. The maximum Gasteiger partial charge on any atom is 0.267 e. The van der Waals surface area contributed by atoms with Gasteiger partial charge in [0.05, 0.1) is 0 Å². The van der Waals surface area contributed by atoms with E-state index < -0.39 is 0 Å². The third-order valence-electron chi connectivity index (χ3n) is 6.80. The second-order valence-electron chi connectivity index (χ2n) is 9.43. The van der Waals surface area contributed by atoms with Crippen LogP contribution >= 0.6 is 0 Å². The molecule has 1 fully saturated rings. The Balaban J connectivity index is 1.07. The number of hydrogen-bond acceptors (Lipinski definition) is 3. The average Bonchev–Trinajstić information content (AvgIpc) is 3.27. The van der Waals surface area contributed by atoms with Crippen LogP contribution in [0.25, 0.3) is 10.9 Å². The van der Waals surface area contributed by atoms with Crippen LogP contribution in [0.1, 0.15) is 64.9 Å². The third-order valence-corrected chi connectivity index (χ3v) is 6.80. The van der Waals surface area contributed by atoms with Gasteiger partial charge in [-0.2, -0.15) is 0 Å². The first kappa shape index (κ1) is 24.1. The predicted molar refractivity (Wildman–Crippen MR) is 134 cm³/mol. The van der Waals surface area contributed by atoms with Gasteiger partial charge in [0.25, 0.3) is 5.91 Å². The Labute approximate surface area is 200 Å². The molecule has 34 heavy (non-hydrogen) atoms. The number of aromatic amines is 1. The van der Waals surface area contributed by atoms with Crippen LogP contribution in [-0.4, -0.2) is 47.8 Å². The zero-order valence-electron chi connectivity index (χ0n) is 19.9. The van der Waals surface area contributed by atoms with Crippen molar-refractivity contribution in [1.29, 1.82) is 0 Å². The van der Waals surface area contributed by atoms with Crippen molar-refractivity contribution in [2.75, 3.05) is 26.2 Å². The number of unbranched alkanes of at least 4 members (excludes halogenated alkanes) is 3. The molecule has 1 saturated heterocycles. The lowest BCUT2D eigenvalue weighted by Gasteiger charge is -2.31. The van der Waals surface area contributed by atoms with Gasteiger partial charge in [0, 0.05) is 28.9 Å². The molecule has 0 saturated carbocycles. The van der Waals surface area contributed by atoms with Crippen molar-refractivity contribution >= 4 is 22.6 Å². The Morgan fingerprint density at radius 1 is 1.00 bits per heavy atom. The number of aromatic nitrogens is 1. The first-order chi connectivity index (χ1) is 16.5. The number of halogens is 1. The maximum absolute atomic E-state index is 13.1. The van der Waals surface area contributed by atoms with Gasteiger partial charge in [-0.1, -0.05) is 25.0 Å². The number of hydrogen-bond donors (Lipinski definition) is 2. The minimum Gasteiger partial charge on any atom is -0.351 e. The number of benzene rings is 2. The van der Waals surface area contributed by atoms with E-state index in [0.29, 0.717) is 17.8 Å². The van der Waals surface area contributed by atoms with Crippen molar-refractivity contribution in [3.8, 4) is 0 Å². The van der Waals surface area contributed by atoms with E-state index in [2.05, 4.69) is 21.3 Å². The van der Waals surface area contributed by atoms with Gasteiger partial charge in [0.1, 0.15) is 11.5 Å². The highest BCUT2D eigenvalue weighted by atomic mass is 19.1. The number of nitrogens with zero attached hydrogens (tertiary/aromatic N) is 1. The zero-order valence-corrected chi connectivity index (χ0v) is 19.9. The molecule has 1 amide bonds. The summed E-state index contributed by atoms with van der Waals surface area (Å²) < 4.78 is 13.1. The van der Waals surface area contributed by atoms with Gasteiger partial charge in [-0.3, -0.25) is 9.59 Å². The lowest BCUT2D eigenvalue weighted by Crippen LogP contribution is -2.36. The van der Waals surface area contributed by atoms with Crippen molar-refractivity contribution in [2.45, 2.75) is 45.4 Å². The molecule has 6 heteroatoms. The number of amides is 1. The van der Waals surface area contributed by atoms with E-state index in [1.165, 1.54) is 17.7 Å². The number of carbonyl (C=O) groups excluding carboxylic acids is 2. The van der Waals surface area contributed by atoms with E-state index >= 15 is 0 Å². The fourth-order valence-electron chi connectivity index (χ4n) is 4.74. The van der Waals surface area contributed by atoms with E-state index in [9.17, 15) is 14.0 Å². The molecule has 0 radical (unpaired) electrons. The summed E-state index contributed by atoms with van der Waals surface area (Å²) in [4.78, 5) is 30.6. The summed E-state index contributed by atoms with van der Waals surface area (Å²) in [5, 5.41) is 4.07. The van der Waals surface area contributed by atoms with E-state index in [4.69, 9.17) is 0 Å². The van der Waals surface area contributed by atoms with Gasteiger partial charge in [0.2, 0.25) is 0 Å². The van der Waals surface area contributed by atoms with Gasteiger partial charge < -0.3 is 15.2 Å². The molecule has 2 heterocycles. The van der Waals surface area contributed by atoms with Crippen LogP contribution in [0, 0.1) is 18.7 Å². The smallest absolute Gasteiger partial charge is 0.267 e. The number of aryl methyl sites for hydroxylation is 1. The molecular formula is C28H34FN3O2. The molecule has 1 aromatic heterocycles. The Morgan fingerprint density at radius 3 is 2.50 bits per heavy atom. The van der Waals surface area contributed by atoms with Crippen molar-refractivity contribution in [2.24, 2.45) is 5.92 Å². The zero-order chi connectivity index (χ0) is 23.9. The molecule has 0 unspecified atom stereocenters. The SMILES string of the molecule is Cc1ccc2cc(C(=O)NCCCCCCN3CCC(C(=O)c4ccc(F)cc4)CC3)[nH]c2c1. The van der Waals surface area contributed by atoms with E-state index in [-0.39, 0.29) is 23.4 Å². The Morgan fingerprint density at radius 2 is 1.74 bits per heavy atom. The van der Waals surface area contributed by atoms with Crippen LogP contribution in [0.4, 0.5) is 4.39 Å². The van der Waals surface area contributed by atoms with E-state index in [0.717, 1.165) is 69.1 Å². The highest BCUT2D eigenvalue weighted by molar-refractivity contribution is 5.98. The molecule has 2 N–H and O–H groups in total. The number of Topliss-reactive ketones (excluding diaryl/α,β-unsaturated/α-hetero) is 1. The summed E-state index contributed by atoms with van der Waals surface area (Å²) >= 11 is 0. The first-order valence-electron chi connectivity index (χ1n) is 12.4. The number of likely N-dealkylation sites (tertiary alicyclic amines) is 1. The van der Waals surface area contributed by atoms with Crippen molar-refractivity contribution in [3.63, 3.8) is 0 Å². The number of piperidine rings is 1. The fourth-order valence-corrected chi connectivity index (χ4v) is 4.74. The number of ketones is 1. The van der Waals surface area contributed by atoms with Gasteiger partial charge in [-0.15, -0.1) is 0 Å². The molecule has 4 rings (SSSR count). The normalized spacial score (nSPS) is 15.0. The van der Waals surface area contributed by atoms with Gasteiger partial charge >= 0.3 is 0 Å². The van der Waals surface area contributed by atoms with E-state index in [1.54, 1.807) is 12.1 Å². The maximum atomic E-state index is 13.1. The Bertz CT molecular complexity index is 1110. The molecule has 2 aromatic carbocycles. The second-order valence-corrected chi connectivity index (χ2v) is 9.43. The topological polar surface area (TPSA) is 65.2 Å². The molecule has 0 aliphatic carbocycles. The third kappa shape index (κ3) is 6.32. The van der Waals surface area contributed by atoms with Crippen LogP contribution in [0.5, 0.6) is 0 Å². The minimum absolute atomic E-state index is 0.0478. The summed E-state index contributed by atoms with van der Waals surface area (Å²) in [7, 11) is 0. The van der Waals surface area contributed by atoms with Crippen LogP contribution < -0.4 is 5.32 Å². The molecular weight excluding hydrogens is 429 g/mol. The largest absolute Gasteiger partial charge is 0.351 e. The number of nitrogens with one attached hydrogen (secondary N) is 2. The monoisotopic (exact) mass is 463 g/mol. The summed E-state index contributed by atoms with van der Waals surface area (Å²) in [6.45, 7) is 5.66. The van der Waals surface area contributed by atoms with Crippen LogP contribution in [0.15, 0.2) is 48.5 Å². The van der Waals surface area contributed by atoms with Gasteiger partial charge in [-0.05, 0) is 94.2 Å². The van der Waals surface area contributed by atoms with Crippen molar-refractivity contribution < 1.29 is 14.0 Å². The lowest BCUT2D eigenvalue weighted by atomic mass is 9.89. The fraction of sp³-hybridized carbons (Fsp3) is 0.429. The molecule has 180 valence electrons. The number of carbonyl (C=O) groups is 2. The molecule has 5 nitrogen and oxygen atoms in total. The summed E-state index contributed by atoms with van der Waals surface area (Å²) in [5.74, 6) is -0.166. The molecule has 0 atom stereocenters. The molecule has 3 aromatic rings. The van der Waals surface area contributed by atoms with Gasteiger partial charge in [0.15, 0.2) is 5.78 Å².